The van der Waals surface area contributed by atoms with Gasteiger partial charge in [0.15, 0.2) is 0 Å². The summed E-state index contributed by atoms with van der Waals surface area (Å²) in [6, 6.07) is 4.36. The van der Waals surface area contributed by atoms with E-state index in [2.05, 4.69) is 10.6 Å². The van der Waals surface area contributed by atoms with E-state index in [-0.39, 0.29) is 11.9 Å². The molecule has 88 valence electrons. The molecule has 0 spiro atoms. The van der Waals surface area contributed by atoms with Crippen LogP contribution < -0.4 is 10.6 Å². The maximum Gasteiger partial charge on any atom is 0.234 e. The molecular formula is C12H18N2O2. The van der Waals surface area contributed by atoms with E-state index in [0.29, 0.717) is 12.6 Å². The SMILES string of the molecule is Cc1ccc(C(C)NCC(=O)NC2CC2)o1. The zero-order chi connectivity index (χ0) is 11.5. The monoisotopic (exact) mass is 222 g/mol. The fraction of sp³-hybridized carbons (Fsp3) is 0.583. The Morgan fingerprint density at radius 1 is 1.56 bits per heavy atom. The summed E-state index contributed by atoms with van der Waals surface area (Å²) in [5.41, 5.74) is 0. The molecule has 0 aliphatic heterocycles. The molecule has 1 saturated carbocycles. The molecule has 1 aromatic rings. The van der Waals surface area contributed by atoms with E-state index in [9.17, 15) is 4.79 Å². The maximum absolute atomic E-state index is 11.4. The summed E-state index contributed by atoms with van der Waals surface area (Å²) in [7, 11) is 0. The lowest BCUT2D eigenvalue weighted by atomic mass is 10.2. The summed E-state index contributed by atoms with van der Waals surface area (Å²) in [6.07, 6.45) is 2.25. The van der Waals surface area contributed by atoms with Crippen molar-refractivity contribution in [1.82, 2.24) is 10.6 Å². The van der Waals surface area contributed by atoms with E-state index in [1.54, 1.807) is 0 Å². The molecule has 2 N–H and O–H groups in total. The second kappa shape index (κ2) is 4.70. The predicted molar refractivity (Wildman–Crippen MR) is 61.0 cm³/mol. The second-order valence-corrected chi connectivity index (χ2v) is 4.39. The Morgan fingerprint density at radius 2 is 2.31 bits per heavy atom. The number of hydrogen-bond donors (Lipinski definition) is 2. The van der Waals surface area contributed by atoms with Crippen molar-refractivity contribution in [1.29, 1.82) is 0 Å². The Balaban J connectivity index is 1.74. The second-order valence-electron chi connectivity index (χ2n) is 4.39. The lowest BCUT2D eigenvalue weighted by Crippen LogP contribution is -2.36. The van der Waals surface area contributed by atoms with Crippen LogP contribution in [0.4, 0.5) is 0 Å². The van der Waals surface area contributed by atoms with Gasteiger partial charge >= 0.3 is 0 Å². The molecule has 1 atom stereocenters. The van der Waals surface area contributed by atoms with E-state index in [0.717, 1.165) is 24.4 Å². The largest absolute Gasteiger partial charge is 0.465 e. The highest BCUT2D eigenvalue weighted by Gasteiger charge is 2.23. The fourth-order valence-electron chi connectivity index (χ4n) is 1.54. The first kappa shape index (κ1) is 11.2. The summed E-state index contributed by atoms with van der Waals surface area (Å²) < 4.78 is 5.48. The molecule has 0 aromatic carbocycles. The molecule has 2 rings (SSSR count). The Labute approximate surface area is 95.4 Å². The molecule has 4 heteroatoms. The maximum atomic E-state index is 11.4. The van der Waals surface area contributed by atoms with Gasteiger partial charge in [-0.3, -0.25) is 10.1 Å². The smallest absolute Gasteiger partial charge is 0.234 e. The van der Waals surface area contributed by atoms with Crippen LogP contribution in [-0.4, -0.2) is 18.5 Å². The first-order valence-corrected chi connectivity index (χ1v) is 5.74. The van der Waals surface area contributed by atoms with Crippen LogP contribution in [0.3, 0.4) is 0 Å². The lowest BCUT2D eigenvalue weighted by molar-refractivity contribution is -0.120. The van der Waals surface area contributed by atoms with E-state index in [4.69, 9.17) is 4.42 Å². The third kappa shape index (κ3) is 3.10. The minimum atomic E-state index is 0.0672. The summed E-state index contributed by atoms with van der Waals surface area (Å²) in [6.45, 7) is 4.25. The first-order valence-electron chi connectivity index (χ1n) is 5.74. The van der Waals surface area contributed by atoms with E-state index >= 15 is 0 Å². The van der Waals surface area contributed by atoms with Gasteiger partial charge in [0.25, 0.3) is 0 Å². The van der Waals surface area contributed by atoms with Crippen molar-refractivity contribution in [3.63, 3.8) is 0 Å². The van der Waals surface area contributed by atoms with Crippen LogP contribution in [0, 0.1) is 6.92 Å². The number of amides is 1. The summed E-state index contributed by atoms with van der Waals surface area (Å²) in [5.74, 6) is 1.83. The molecule has 1 aliphatic rings. The van der Waals surface area contributed by atoms with Gasteiger partial charge in [0, 0.05) is 6.04 Å². The topological polar surface area (TPSA) is 54.3 Å². The normalized spacial score (nSPS) is 17.1. The Morgan fingerprint density at radius 3 is 2.88 bits per heavy atom. The zero-order valence-corrected chi connectivity index (χ0v) is 9.75. The zero-order valence-electron chi connectivity index (χ0n) is 9.75. The summed E-state index contributed by atoms with van der Waals surface area (Å²) in [4.78, 5) is 11.4. The van der Waals surface area contributed by atoms with Gasteiger partial charge in [0.1, 0.15) is 11.5 Å². The molecule has 1 heterocycles. The highest BCUT2D eigenvalue weighted by Crippen LogP contribution is 2.18. The van der Waals surface area contributed by atoms with E-state index < -0.39 is 0 Å². The van der Waals surface area contributed by atoms with Crippen LogP contribution in [0.2, 0.25) is 0 Å². The lowest BCUT2D eigenvalue weighted by Gasteiger charge is -2.11. The van der Waals surface area contributed by atoms with Gasteiger partial charge in [0.2, 0.25) is 5.91 Å². The third-order valence-electron chi connectivity index (χ3n) is 2.70. The van der Waals surface area contributed by atoms with Crippen LogP contribution >= 0.6 is 0 Å². The van der Waals surface area contributed by atoms with Gasteiger partial charge in [-0.15, -0.1) is 0 Å². The minimum Gasteiger partial charge on any atom is -0.465 e. The molecule has 0 bridgehead atoms. The Hall–Kier alpha value is -1.29. The number of carbonyl (C=O) groups is 1. The van der Waals surface area contributed by atoms with Crippen molar-refractivity contribution in [2.45, 2.75) is 38.8 Å². The molecule has 16 heavy (non-hydrogen) atoms. The molecule has 0 radical (unpaired) electrons. The molecule has 1 unspecified atom stereocenters. The van der Waals surface area contributed by atoms with Crippen LogP contribution in [0.15, 0.2) is 16.5 Å². The number of rotatable bonds is 5. The number of furan rings is 1. The summed E-state index contributed by atoms with van der Waals surface area (Å²) >= 11 is 0. The molecular weight excluding hydrogens is 204 g/mol. The number of aryl methyl sites for hydroxylation is 1. The van der Waals surface area contributed by atoms with Crippen LogP contribution in [0.1, 0.15) is 37.3 Å². The van der Waals surface area contributed by atoms with Crippen molar-refractivity contribution >= 4 is 5.91 Å². The quantitative estimate of drug-likeness (QED) is 0.794. The fourth-order valence-corrected chi connectivity index (χ4v) is 1.54. The van der Waals surface area contributed by atoms with Crippen molar-refractivity contribution in [2.75, 3.05) is 6.54 Å². The molecule has 1 fully saturated rings. The van der Waals surface area contributed by atoms with Gasteiger partial charge < -0.3 is 9.73 Å². The van der Waals surface area contributed by atoms with Gasteiger partial charge in [-0.05, 0) is 38.8 Å². The van der Waals surface area contributed by atoms with Crippen molar-refractivity contribution in [3.8, 4) is 0 Å². The molecule has 1 aromatic heterocycles. The van der Waals surface area contributed by atoms with Gasteiger partial charge in [-0.1, -0.05) is 0 Å². The standard InChI is InChI=1S/C12H18N2O2/c1-8-3-6-11(16-8)9(2)13-7-12(15)14-10-4-5-10/h3,6,9-10,13H,4-5,7H2,1-2H3,(H,14,15). The molecule has 1 aliphatic carbocycles. The highest BCUT2D eigenvalue weighted by molar-refractivity contribution is 5.78. The van der Waals surface area contributed by atoms with Gasteiger partial charge in [-0.2, -0.15) is 0 Å². The van der Waals surface area contributed by atoms with Crippen molar-refractivity contribution in [2.24, 2.45) is 0 Å². The molecule has 4 nitrogen and oxygen atoms in total. The van der Waals surface area contributed by atoms with Crippen LogP contribution in [-0.2, 0) is 4.79 Å². The average molecular weight is 222 g/mol. The summed E-state index contributed by atoms with van der Waals surface area (Å²) in [5, 5.41) is 6.07. The third-order valence-corrected chi connectivity index (χ3v) is 2.70. The van der Waals surface area contributed by atoms with Crippen molar-refractivity contribution < 1.29 is 9.21 Å². The van der Waals surface area contributed by atoms with Crippen LogP contribution in [0.5, 0.6) is 0 Å². The minimum absolute atomic E-state index is 0.0672. The predicted octanol–water partition coefficient (Wildman–Crippen LogP) is 1.52. The number of nitrogens with one attached hydrogen (secondary N) is 2. The Bertz CT molecular complexity index is 369. The molecule has 0 saturated heterocycles. The molecule has 1 amide bonds. The van der Waals surface area contributed by atoms with E-state index in [1.807, 2.05) is 26.0 Å². The van der Waals surface area contributed by atoms with Gasteiger partial charge in [0.05, 0.1) is 12.6 Å². The first-order chi connectivity index (χ1) is 7.65. The Kier molecular flexibility index (Phi) is 3.29. The average Bonchev–Trinajstić information content (AvgIpc) is 2.95. The van der Waals surface area contributed by atoms with Gasteiger partial charge in [-0.25, -0.2) is 0 Å². The van der Waals surface area contributed by atoms with Crippen molar-refractivity contribution in [3.05, 3.63) is 23.7 Å². The van der Waals surface area contributed by atoms with Crippen LogP contribution in [0.25, 0.3) is 0 Å². The number of hydrogen-bond acceptors (Lipinski definition) is 3. The highest BCUT2D eigenvalue weighted by atomic mass is 16.3. The van der Waals surface area contributed by atoms with E-state index in [1.165, 1.54) is 0 Å². The number of carbonyl (C=O) groups excluding carboxylic acids is 1.